The smallest absolute Gasteiger partial charge is 0.118 e. The summed E-state index contributed by atoms with van der Waals surface area (Å²) in [6.45, 7) is 16.1. The van der Waals surface area contributed by atoms with E-state index in [1.165, 1.54) is 12.0 Å². The average molecular weight is 266 g/mol. The van der Waals surface area contributed by atoms with Crippen LogP contribution in [0.25, 0.3) is 0 Å². The highest BCUT2D eigenvalue weighted by molar-refractivity contribution is 5.13. The van der Waals surface area contributed by atoms with Gasteiger partial charge in [0.25, 0.3) is 0 Å². The van der Waals surface area contributed by atoms with Crippen LogP contribution in [0.2, 0.25) is 0 Å². The van der Waals surface area contributed by atoms with E-state index in [4.69, 9.17) is 4.42 Å². The summed E-state index contributed by atoms with van der Waals surface area (Å²) in [7, 11) is 0. The molecule has 0 fully saturated rings. The standard InChI is InChI=1S/C16H30N2O/c1-7-8-18(13(2)3)11-15-9-14(12-19-15)10-17-16(4,5)6/h9,12-13,17H,7-8,10-11H2,1-6H3. The van der Waals surface area contributed by atoms with E-state index >= 15 is 0 Å². The lowest BCUT2D eigenvalue weighted by molar-refractivity contribution is 0.197. The van der Waals surface area contributed by atoms with E-state index in [9.17, 15) is 0 Å². The number of rotatable bonds is 7. The molecule has 0 spiro atoms. The molecule has 1 aromatic heterocycles. The van der Waals surface area contributed by atoms with Gasteiger partial charge in [-0.15, -0.1) is 0 Å². The van der Waals surface area contributed by atoms with Crippen molar-refractivity contribution >= 4 is 0 Å². The van der Waals surface area contributed by atoms with Crippen molar-refractivity contribution in [3.05, 3.63) is 23.7 Å². The highest BCUT2D eigenvalue weighted by Gasteiger charge is 2.13. The van der Waals surface area contributed by atoms with Gasteiger partial charge in [-0.3, -0.25) is 4.90 Å². The first-order chi connectivity index (χ1) is 8.81. The molecule has 0 amide bonds. The number of hydrogen-bond acceptors (Lipinski definition) is 3. The Labute approximate surface area is 118 Å². The monoisotopic (exact) mass is 266 g/mol. The van der Waals surface area contributed by atoms with Crippen LogP contribution in [0.1, 0.15) is 59.3 Å². The largest absolute Gasteiger partial charge is 0.468 e. The second-order valence-electron chi connectivity index (χ2n) is 6.59. The zero-order valence-electron chi connectivity index (χ0n) is 13.4. The van der Waals surface area contributed by atoms with Crippen LogP contribution >= 0.6 is 0 Å². The van der Waals surface area contributed by atoms with Gasteiger partial charge >= 0.3 is 0 Å². The van der Waals surface area contributed by atoms with Gasteiger partial charge in [-0.2, -0.15) is 0 Å². The Kier molecular flexibility index (Phi) is 6.08. The van der Waals surface area contributed by atoms with Gasteiger partial charge in [-0.05, 0) is 53.7 Å². The molecule has 1 rings (SSSR count). The summed E-state index contributed by atoms with van der Waals surface area (Å²) in [4.78, 5) is 2.44. The minimum atomic E-state index is 0.142. The van der Waals surface area contributed by atoms with Gasteiger partial charge in [0.15, 0.2) is 0 Å². The summed E-state index contributed by atoms with van der Waals surface area (Å²) in [6, 6.07) is 2.73. The Morgan fingerprint density at radius 1 is 1.32 bits per heavy atom. The average Bonchev–Trinajstić information content (AvgIpc) is 2.72. The molecule has 0 radical (unpaired) electrons. The lowest BCUT2D eigenvalue weighted by atomic mass is 10.1. The molecule has 0 saturated carbocycles. The predicted molar refractivity (Wildman–Crippen MR) is 81.1 cm³/mol. The van der Waals surface area contributed by atoms with Gasteiger partial charge in [0.05, 0.1) is 12.8 Å². The third kappa shape index (κ3) is 6.26. The van der Waals surface area contributed by atoms with E-state index in [2.05, 4.69) is 57.8 Å². The van der Waals surface area contributed by atoms with Crippen molar-refractivity contribution in [2.24, 2.45) is 0 Å². The van der Waals surface area contributed by atoms with Gasteiger partial charge in [-0.1, -0.05) is 6.92 Å². The third-order valence-corrected chi connectivity index (χ3v) is 3.13. The molecule has 3 nitrogen and oxygen atoms in total. The number of hydrogen-bond donors (Lipinski definition) is 1. The SMILES string of the molecule is CCCN(Cc1cc(CNC(C)(C)C)co1)C(C)C. The molecule has 110 valence electrons. The molecule has 0 saturated heterocycles. The molecular weight excluding hydrogens is 236 g/mol. The van der Waals surface area contributed by atoms with E-state index in [1.54, 1.807) is 0 Å². The summed E-state index contributed by atoms with van der Waals surface area (Å²) < 4.78 is 5.68. The van der Waals surface area contributed by atoms with Crippen LogP contribution in [0.5, 0.6) is 0 Å². The minimum Gasteiger partial charge on any atom is -0.468 e. The first-order valence-corrected chi connectivity index (χ1v) is 7.37. The molecule has 0 aliphatic rings. The molecule has 0 aliphatic heterocycles. The molecule has 0 bridgehead atoms. The first-order valence-electron chi connectivity index (χ1n) is 7.37. The Morgan fingerprint density at radius 3 is 2.53 bits per heavy atom. The molecule has 0 aromatic carbocycles. The Morgan fingerprint density at radius 2 is 2.00 bits per heavy atom. The first kappa shape index (κ1) is 16.3. The maximum Gasteiger partial charge on any atom is 0.118 e. The van der Waals surface area contributed by atoms with Gasteiger partial charge in [0, 0.05) is 23.7 Å². The van der Waals surface area contributed by atoms with Crippen LogP contribution in [0.3, 0.4) is 0 Å². The number of furan rings is 1. The lowest BCUT2D eigenvalue weighted by Crippen LogP contribution is -2.34. The van der Waals surface area contributed by atoms with E-state index in [-0.39, 0.29) is 5.54 Å². The summed E-state index contributed by atoms with van der Waals surface area (Å²) >= 11 is 0. The zero-order valence-corrected chi connectivity index (χ0v) is 13.4. The zero-order chi connectivity index (χ0) is 14.5. The minimum absolute atomic E-state index is 0.142. The fourth-order valence-corrected chi connectivity index (χ4v) is 1.98. The fraction of sp³-hybridized carbons (Fsp3) is 0.750. The van der Waals surface area contributed by atoms with Crippen LogP contribution in [0.15, 0.2) is 16.7 Å². The maximum atomic E-state index is 5.68. The fourth-order valence-electron chi connectivity index (χ4n) is 1.98. The van der Waals surface area contributed by atoms with Crippen LogP contribution in [0.4, 0.5) is 0 Å². The van der Waals surface area contributed by atoms with Crippen LogP contribution < -0.4 is 5.32 Å². The molecule has 1 heterocycles. The highest BCUT2D eigenvalue weighted by atomic mass is 16.3. The summed E-state index contributed by atoms with van der Waals surface area (Å²) in [5.41, 5.74) is 1.37. The lowest BCUT2D eigenvalue weighted by Gasteiger charge is -2.24. The Hall–Kier alpha value is -0.800. The molecular formula is C16H30N2O. The van der Waals surface area contributed by atoms with Crippen molar-refractivity contribution in [2.75, 3.05) is 6.54 Å². The molecule has 0 atom stereocenters. The van der Waals surface area contributed by atoms with Gasteiger partial charge in [-0.25, -0.2) is 0 Å². The Bertz CT molecular complexity index is 363. The van der Waals surface area contributed by atoms with Crippen molar-refractivity contribution < 1.29 is 4.42 Å². The molecule has 1 N–H and O–H groups in total. The number of nitrogens with one attached hydrogen (secondary N) is 1. The maximum absolute atomic E-state index is 5.68. The highest BCUT2D eigenvalue weighted by Crippen LogP contribution is 2.14. The van der Waals surface area contributed by atoms with Crippen LogP contribution in [-0.4, -0.2) is 23.0 Å². The van der Waals surface area contributed by atoms with Crippen molar-refractivity contribution in [3.8, 4) is 0 Å². The van der Waals surface area contributed by atoms with E-state index in [0.717, 1.165) is 25.4 Å². The third-order valence-electron chi connectivity index (χ3n) is 3.13. The second-order valence-corrected chi connectivity index (χ2v) is 6.59. The quantitative estimate of drug-likeness (QED) is 0.814. The second kappa shape index (κ2) is 7.11. The molecule has 0 aliphatic carbocycles. The Balaban J connectivity index is 2.54. The van der Waals surface area contributed by atoms with Crippen molar-refractivity contribution in [3.63, 3.8) is 0 Å². The molecule has 3 heteroatoms. The van der Waals surface area contributed by atoms with E-state index in [1.807, 2.05) is 6.26 Å². The molecule has 0 unspecified atom stereocenters. The van der Waals surface area contributed by atoms with Gasteiger partial charge < -0.3 is 9.73 Å². The summed E-state index contributed by atoms with van der Waals surface area (Å²) in [6.07, 6.45) is 3.05. The summed E-state index contributed by atoms with van der Waals surface area (Å²) in [5.74, 6) is 1.06. The van der Waals surface area contributed by atoms with Crippen molar-refractivity contribution in [1.82, 2.24) is 10.2 Å². The normalized spacial score (nSPS) is 12.6. The van der Waals surface area contributed by atoms with Crippen molar-refractivity contribution in [1.29, 1.82) is 0 Å². The van der Waals surface area contributed by atoms with Crippen LogP contribution in [-0.2, 0) is 13.1 Å². The van der Waals surface area contributed by atoms with E-state index in [0.29, 0.717) is 6.04 Å². The number of nitrogens with zero attached hydrogens (tertiary/aromatic N) is 1. The van der Waals surface area contributed by atoms with Crippen LogP contribution in [0, 0.1) is 0 Å². The van der Waals surface area contributed by atoms with Gasteiger partial charge in [0.2, 0.25) is 0 Å². The van der Waals surface area contributed by atoms with E-state index < -0.39 is 0 Å². The van der Waals surface area contributed by atoms with Crippen molar-refractivity contribution in [2.45, 2.75) is 72.6 Å². The molecule has 19 heavy (non-hydrogen) atoms. The van der Waals surface area contributed by atoms with Gasteiger partial charge in [0.1, 0.15) is 5.76 Å². The topological polar surface area (TPSA) is 28.4 Å². The summed E-state index contributed by atoms with van der Waals surface area (Å²) in [5, 5.41) is 3.48. The molecule has 1 aromatic rings. The predicted octanol–water partition coefficient (Wildman–Crippen LogP) is 3.79.